The Morgan fingerprint density at radius 3 is 2.17 bits per heavy atom. The van der Waals surface area contributed by atoms with E-state index in [-0.39, 0.29) is 24.2 Å². The molecule has 256 valence electrons. The number of aliphatic imine (C=N–C) groups is 1. The molecule has 2 amide bonds. The van der Waals surface area contributed by atoms with Gasteiger partial charge in [-0.15, -0.1) is 0 Å². The molecule has 3 aliphatic rings. The number of likely N-dealkylation sites (tertiary alicyclic amines) is 1. The molecule has 0 aliphatic carbocycles. The van der Waals surface area contributed by atoms with Crippen molar-refractivity contribution in [3.63, 3.8) is 0 Å². The lowest BCUT2D eigenvalue weighted by Gasteiger charge is -2.41. The van der Waals surface area contributed by atoms with Crippen LogP contribution >= 0.6 is 23.2 Å². The molecule has 2 saturated heterocycles. The van der Waals surface area contributed by atoms with Crippen LogP contribution in [0.25, 0.3) is 0 Å². The Morgan fingerprint density at radius 2 is 1.56 bits per heavy atom. The van der Waals surface area contributed by atoms with Crippen molar-refractivity contribution in [1.29, 1.82) is 0 Å². The van der Waals surface area contributed by atoms with E-state index >= 15 is 0 Å². The number of nitrogens with zero attached hydrogens (tertiary/aromatic N) is 5. The fourth-order valence-electron chi connectivity index (χ4n) is 7.07. The molecule has 3 aromatic rings. The molecule has 6 rings (SSSR count). The fraction of sp³-hybridized carbons (Fsp3) is 0.444. The lowest BCUT2D eigenvalue weighted by Crippen LogP contribution is -2.55. The first-order chi connectivity index (χ1) is 23.0. The number of piperidine rings is 1. The second-order valence-electron chi connectivity index (χ2n) is 12.8. The van der Waals surface area contributed by atoms with Gasteiger partial charge < -0.3 is 14.5 Å². The summed E-state index contributed by atoms with van der Waals surface area (Å²) in [4.78, 5) is 28.2. The van der Waals surface area contributed by atoms with E-state index in [1.54, 1.807) is 36.1 Å². The van der Waals surface area contributed by atoms with Gasteiger partial charge in [0.25, 0.3) is 0 Å². The van der Waals surface area contributed by atoms with Crippen molar-refractivity contribution in [2.45, 2.75) is 38.0 Å². The van der Waals surface area contributed by atoms with Gasteiger partial charge in [-0.25, -0.2) is 4.79 Å². The van der Waals surface area contributed by atoms with Gasteiger partial charge in [0.1, 0.15) is 17.6 Å². The van der Waals surface area contributed by atoms with Crippen molar-refractivity contribution in [2.75, 3.05) is 59.5 Å². The van der Waals surface area contributed by atoms with Gasteiger partial charge in [0.05, 0.1) is 23.8 Å². The van der Waals surface area contributed by atoms with Crippen LogP contribution < -0.4 is 4.74 Å². The minimum absolute atomic E-state index is 0.0118. The lowest BCUT2D eigenvalue weighted by molar-refractivity contribution is -0.137. The summed E-state index contributed by atoms with van der Waals surface area (Å²) in [6.07, 6.45) is -2.16. The molecule has 0 N–H and O–H groups in total. The molecule has 0 bridgehead atoms. The number of carbonyl (C=O) groups excluding carboxylic acids is 1. The number of rotatable bonds is 7. The first kappa shape index (κ1) is 34.5. The highest BCUT2D eigenvalue weighted by atomic mass is 35.5. The Balaban J connectivity index is 1.38. The maximum atomic E-state index is 14.8. The average Bonchev–Trinajstić information content (AvgIpc) is 3.45. The highest BCUT2D eigenvalue weighted by Crippen LogP contribution is 2.46. The monoisotopic (exact) mass is 701 g/mol. The number of amides is 2. The Kier molecular flexibility index (Phi) is 10.6. The summed E-state index contributed by atoms with van der Waals surface area (Å²) in [5, 5.41) is 1.09. The van der Waals surface area contributed by atoms with Crippen molar-refractivity contribution < 1.29 is 22.7 Å². The summed E-state index contributed by atoms with van der Waals surface area (Å²) in [7, 11) is 2.17. The van der Waals surface area contributed by atoms with Crippen molar-refractivity contribution in [3.05, 3.63) is 99.0 Å². The largest absolute Gasteiger partial charge is 0.493 e. The Morgan fingerprint density at radius 1 is 0.917 bits per heavy atom. The fourth-order valence-corrected chi connectivity index (χ4v) is 7.33. The Labute approximate surface area is 289 Å². The number of benzene rings is 3. The average molecular weight is 703 g/mol. The van der Waals surface area contributed by atoms with E-state index in [2.05, 4.69) is 16.8 Å². The van der Waals surface area contributed by atoms with E-state index in [0.717, 1.165) is 56.0 Å². The minimum atomic E-state index is -4.57. The summed E-state index contributed by atoms with van der Waals surface area (Å²) in [5.41, 5.74) is 1.07. The molecule has 3 atom stereocenters. The number of alkyl halides is 3. The number of amidine groups is 1. The summed E-state index contributed by atoms with van der Waals surface area (Å²) in [6.45, 7) is 7.58. The van der Waals surface area contributed by atoms with E-state index in [1.165, 1.54) is 18.9 Å². The van der Waals surface area contributed by atoms with Crippen LogP contribution in [-0.2, 0) is 6.18 Å². The van der Waals surface area contributed by atoms with Crippen LogP contribution in [-0.4, -0.2) is 90.9 Å². The van der Waals surface area contributed by atoms with Crippen molar-refractivity contribution >= 4 is 35.1 Å². The predicted molar refractivity (Wildman–Crippen MR) is 183 cm³/mol. The number of hydrogen-bond acceptors (Lipinski definition) is 5. The highest BCUT2D eigenvalue weighted by molar-refractivity contribution is 6.30. The number of halogens is 5. The molecule has 3 aromatic carbocycles. The molecule has 0 spiro atoms. The van der Waals surface area contributed by atoms with Crippen LogP contribution in [0.1, 0.15) is 54.1 Å². The second kappa shape index (κ2) is 14.7. The topological polar surface area (TPSA) is 51.6 Å². The molecule has 0 radical (unpaired) electrons. The zero-order chi connectivity index (χ0) is 34.0. The number of urea groups is 1. The molecule has 3 unspecified atom stereocenters. The van der Waals surface area contributed by atoms with Gasteiger partial charge >= 0.3 is 12.2 Å². The van der Waals surface area contributed by atoms with Gasteiger partial charge in [0.2, 0.25) is 0 Å². The van der Waals surface area contributed by atoms with Crippen LogP contribution in [0.2, 0.25) is 10.0 Å². The Hall–Kier alpha value is -3.31. The molecular weight excluding hydrogens is 662 g/mol. The summed E-state index contributed by atoms with van der Waals surface area (Å²) < 4.78 is 47.2. The van der Waals surface area contributed by atoms with Gasteiger partial charge in [-0.3, -0.25) is 14.8 Å². The van der Waals surface area contributed by atoms with E-state index in [1.807, 2.05) is 29.2 Å². The molecule has 7 nitrogen and oxygen atoms in total. The third-order valence-electron chi connectivity index (χ3n) is 9.43. The first-order valence-electron chi connectivity index (χ1n) is 16.4. The number of carbonyl (C=O) groups is 1. The molecular formula is C36H40Cl2F3N5O2. The van der Waals surface area contributed by atoms with Crippen molar-refractivity contribution in [3.8, 4) is 5.75 Å². The van der Waals surface area contributed by atoms with Crippen LogP contribution in [0.3, 0.4) is 0 Å². The molecule has 3 aliphatic heterocycles. The number of ether oxygens (including phenoxy) is 1. The smallest absolute Gasteiger partial charge is 0.416 e. The van der Waals surface area contributed by atoms with Crippen LogP contribution in [0.4, 0.5) is 18.0 Å². The summed E-state index contributed by atoms with van der Waals surface area (Å²) in [6, 6.07) is 16.4. The van der Waals surface area contributed by atoms with Crippen molar-refractivity contribution in [1.82, 2.24) is 19.6 Å². The van der Waals surface area contributed by atoms with E-state index in [9.17, 15) is 18.0 Å². The minimum Gasteiger partial charge on any atom is -0.493 e. The third kappa shape index (κ3) is 7.62. The van der Waals surface area contributed by atoms with E-state index < -0.39 is 23.8 Å². The van der Waals surface area contributed by atoms with Gasteiger partial charge in [0, 0.05) is 49.3 Å². The van der Waals surface area contributed by atoms with Gasteiger partial charge in [-0.05, 0) is 92.9 Å². The normalized spacial score (nSPS) is 22.6. The van der Waals surface area contributed by atoms with Crippen LogP contribution in [0, 0.1) is 5.92 Å². The van der Waals surface area contributed by atoms with Crippen molar-refractivity contribution in [2.24, 2.45) is 10.9 Å². The summed E-state index contributed by atoms with van der Waals surface area (Å²) in [5.74, 6) is 0.872. The van der Waals surface area contributed by atoms with Gasteiger partial charge in [0.15, 0.2) is 0 Å². The zero-order valence-corrected chi connectivity index (χ0v) is 28.6. The summed E-state index contributed by atoms with van der Waals surface area (Å²) >= 11 is 12.5. The van der Waals surface area contributed by atoms with E-state index in [4.69, 9.17) is 32.9 Å². The SMILES string of the molecule is CCOc1cc(C(F)(F)F)ccc1C1=NC(c2ccc(Cl)cc2)C(c2ccc(Cl)cc2)N1C(=O)N1CCN(CC2CCCN(C)C2)CC1. The predicted octanol–water partition coefficient (Wildman–Crippen LogP) is 8.04. The van der Waals surface area contributed by atoms with Crippen LogP contribution in [0.15, 0.2) is 71.7 Å². The quantitative estimate of drug-likeness (QED) is 0.250. The maximum absolute atomic E-state index is 14.8. The standard InChI is InChI=1S/C36H40Cl2F3N5O2/c1-3-48-31-21-27(36(39,40)41)10-15-30(31)34-42-32(25-6-11-28(37)12-7-25)33(26-8-13-29(38)14-9-26)46(34)35(47)45-19-17-44(18-20-45)23-24-5-4-16-43(2)22-24/h6-15,21,24,32-33H,3-5,16-20,22-23H2,1-2H3. The number of hydrogen-bond donors (Lipinski definition) is 0. The van der Waals surface area contributed by atoms with E-state index in [0.29, 0.717) is 34.6 Å². The zero-order valence-electron chi connectivity index (χ0n) is 27.1. The molecule has 0 aromatic heterocycles. The van der Waals surface area contributed by atoms with Gasteiger partial charge in [-0.1, -0.05) is 47.5 Å². The molecule has 12 heteroatoms. The first-order valence-corrected chi connectivity index (χ1v) is 17.2. The van der Waals surface area contributed by atoms with Gasteiger partial charge in [-0.2, -0.15) is 13.2 Å². The Bertz CT molecular complexity index is 1610. The highest BCUT2D eigenvalue weighted by Gasteiger charge is 2.45. The number of piperazine rings is 1. The molecule has 3 heterocycles. The third-order valence-corrected chi connectivity index (χ3v) is 9.93. The molecule has 2 fully saturated rings. The second-order valence-corrected chi connectivity index (χ2v) is 13.7. The maximum Gasteiger partial charge on any atom is 0.416 e. The molecule has 0 saturated carbocycles. The molecule has 48 heavy (non-hydrogen) atoms. The van der Waals surface area contributed by atoms with Crippen LogP contribution in [0.5, 0.6) is 5.75 Å². The lowest BCUT2D eigenvalue weighted by atomic mass is 9.93.